The lowest BCUT2D eigenvalue weighted by molar-refractivity contribution is -0.135. The van der Waals surface area contributed by atoms with Crippen LogP contribution in [0.4, 0.5) is 14.6 Å². The summed E-state index contributed by atoms with van der Waals surface area (Å²) < 4.78 is 30.3. The van der Waals surface area contributed by atoms with Crippen LogP contribution in [0.2, 0.25) is 5.02 Å². The summed E-state index contributed by atoms with van der Waals surface area (Å²) in [5.41, 5.74) is 2.95. The maximum Gasteiger partial charge on any atom is 0.387 e. The second kappa shape index (κ2) is 9.54. The second-order valence-electron chi connectivity index (χ2n) is 6.67. The molecule has 0 bridgehead atoms. The van der Waals surface area contributed by atoms with E-state index in [0.717, 1.165) is 11.1 Å². The van der Waals surface area contributed by atoms with Gasteiger partial charge in [0.15, 0.2) is 0 Å². The number of carbonyl (C=O) groups is 1. The van der Waals surface area contributed by atoms with Crippen LogP contribution in [0.15, 0.2) is 60.8 Å². The molecule has 3 rings (SSSR count). The molecule has 30 heavy (non-hydrogen) atoms. The average molecular weight is 433 g/mol. The molecular weight excluding hydrogens is 414 g/mol. The average Bonchev–Trinajstić information content (AvgIpc) is 2.69. The van der Waals surface area contributed by atoms with E-state index in [1.54, 1.807) is 55.7 Å². The monoisotopic (exact) mass is 432 g/mol. The van der Waals surface area contributed by atoms with Gasteiger partial charge in [0, 0.05) is 23.8 Å². The van der Waals surface area contributed by atoms with Gasteiger partial charge in [0.1, 0.15) is 18.1 Å². The van der Waals surface area contributed by atoms with Gasteiger partial charge in [-0.2, -0.15) is 8.78 Å². The van der Waals surface area contributed by atoms with Crippen molar-refractivity contribution in [3.05, 3.63) is 76.9 Å². The number of aromatic nitrogens is 1. The molecule has 1 aromatic heterocycles. The molecule has 1 N–H and O–H groups in total. The predicted molar refractivity (Wildman–Crippen MR) is 111 cm³/mol. The Morgan fingerprint density at radius 1 is 1.17 bits per heavy atom. The van der Waals surface area contributed by atoms with Gasteiger partial charge in [0.2, 0.25) is 0 Å². The Balaban J connectivity index is 1.86. The molecule has 1 heterocycles. The minimum Gasteiger partial charge on any atom is -0.480 e. The van der Waals surface area contributed by atoms with Crippen molar-refractivity contribution in [2.75, 3.05) is 18.5 Å². The van der Waals surface area contributed by atoms with Gasteiger partial charge in [-0.05, 0) is 53.4 Å². The van der Waals surface area contributed by atoms with Crippen LogP contribution in [0.5, 0.6) is 5.75 Å². The van der Waals surface area contributed by atoms with Crippen molar-refractivity contribution in [3.63, 3.8) is 0 Å². The first-order valence-electron chi connectivity index (χ1n) is 9.03. The largest absolute Gasteiger partial charge is 0.480 e. The Morgan fingerprint density at radius 2 is 1.93 bits per heavy atom. The van der Waals surface area contributed by atoms with Crippen molar-refractivity contribution in [1.29, 1.82) is 0 Å². The third kappa shape index (κ3) is 5.67. The third-order valence-electron chi connectivity index (χ3n) is 4.38. The molecule has 0 saturated heterocycles. The summed E-state index contributed by atoms with van der Waals surface area (Å²) in [6.45, 7) is -3.09. The molecule has 0 aliphatic rings. The number of hydrogen-bond acceptors (Lipinski definition) is 4. The van der Waals surface area contributed by atoms with Gasteiger partial charge >= 0.3 is 12.6 Å². The van der Waals surface area contributed by atoms with Crippen molar-refractivity contribution in [1.82, 2.24) is 4.98 Å². The number of aliphatic carboxylic acids is 1. The summed E-state index contributed by atoms with van der Waals surface area (Å²) in [5.74, 6) is -0.329. The number of ether oxygens (including phenoxy) is 1. The minimum absolute atomic E-state index is 0.0692. The molecule has 156 valence electrons. The van der Waals surface area contributed by atoms with E-state index in [1.807, 2.05) is 6.07 Å². The molecule has 0 spiro atoms. The number of pyridine rings is 1. The highest BCUT2D eigenvalue weighted by Gasteiger charge is 2.13. The Morgan fingerprint density at radius 3 is 2.57 bits per heavy atom. The lowest BCUT2D eigenvalue weighted by Gasteiger charge is -2.16. The molecule has 5 nitrogen and oxygen atoms in total. The quantitative estimate of drug-likeness (QED) is 0.535. The van der Waals surface area contributed by atoms with E-state index >= 15 is 0 Å². The Labute approximate surface area is 177 Å². The molecule has 0 saturated carbocycles. The smallest absolute Gasteiger partial charge is 0.387 e. The van der Waals surface area contributed by atoms with E-state index < -0.39 is 12.6 Å². The fourth-order valence-corrected chi connectivity index (χ4v) is 3.22. The number of carboxylic acids is 1. The van der Waals surface area contributed by atoms with Crippen molar-refractivity contribution < 1.29 is 23.4 Å². The second-order valence-corrected chi connectivity index (χ2v) is 7.11. The maximum atomic E-state index is 12.8. The zero-order chi connectivity index (χ0) is 21.7. The molecule has 0 fully saturated rings. The highest BCUT2D eigenvalue weighted by Crippen LogP contribution is 2.34. The Bertz CT molecular complexity index is 1030. The van der Waals surface area contributed by atoms with Crippen molar-refractivity contribution in [3.8, 4) is 16.9 Å². The lowest BCUT2D eigenvalue weighted by Crippen LogP contribution is -2.25. The van der Waals surface area contributed by atoms with E-state index in [2.05, 4.69) is 9.72 Å². The van der Waals surface area contributed by atoms with Crippen molar-refractivity contribution in [2.45, 2.75) is 13.0 Å². The number of halogens is 3. The van der Waals surface area contributed by atoms with E-state index in [4.69, 9.17) is 16.7 Å². The number of nitrogens with zero attached hydrogens (tertiary/aromatic N) is 2. The summed E-state index contributed by atoms with van der Waals surface area (Å²) in [6.07, 6.45) is 2.18. The molecule has 3 aromatic rings. The van der Waals surface area contributed by atoms with Crippen LogP contribution in [0.3, 0.4) is 0 Å². The Kier molecular flexibility index (Phi) is 6.84. The summed E-state index contributed by atoms with van der Waals surface area (Å²) >= 11 is 6.06. The SMILES string of the molecule is CN(CC(=O)O)c1ccc(Cc2ccc(OC(F)F)c(-c3cccc(Cl)c3)c2)cn1. The zero-order valence-corrected chi connectivity index (χ0v) is 16.8. The molecular formula is C22H19ClF2N2O3. The van der Waals surface area contributed by atoms with Crippen LogP contribution in [0.1, 0.15) is 11.1 Å². The normalized spacial score (nSPS) is 10.8. The van der Waals surface area contributed by atoms with Crippen LogP contribution in [0, 0.1) is 0 Å². The number of carboxylic acid groups (broad SMARTS) is 1. The van der Waals surface area contributed by atoms with Gasteiger partial charge in [-0.3, -0.25) is 4.79 Å². The molecule has 0 amide bonds. The molecule has 2 aromatic carbocycles. The Hall–Kier alpha value is -3.19. The third-order valence-corrected chi connectivity index (χ3v) is 4.61. The van der Waals surface area contributed by atoms with Crippen LogP contribution >= 0.6 is 11.6 Å². The lowest BCUT2D eigenvalue weighted by atomic mass is 9.99. The number of hydrogen-bond donors (Lipinski definition) is 1. The summed E-state index contributed by atoms with van der Waals surface area (Å²) in [4.78, 5) is 16.6. The van der Waals surface area contributed by atoms with Crippen LogP contribution in [0.25, 0.3) is 11.1 Å². The number of benzene rings is 2. The van der Waals surface area contributed by atoms with E-state index in [-0.39, 0.29) is 12.3 Å². The zero-order valence-electron chi connectivity index (χ0n) is 16.1. The van der Waals surface area contributed by atoms with Gasteiger partial charge in [-0.1, -0.05) is 35.9 Å². The molecule has 0 radical (unpaired) electrons. The predicted octanol–water partition coefficient (Wildman–Crippen LogP) is 5.12. The first kappa shape index (κ1) is 21.5. The number of rotatable bonds is 8. The van der Waals surface area contributed by atoms with Crippen LogP contribution in [-0.2, 0) is 11.2 Å². The van der Waals surface area contributed by atoms with Gasteiger partial charge in [0.25, 0.3) is 0 Å². The summed E-state index contributed by atoms with van der Waals surface area (Å²) in [6, 6.07) is 15.5. The van der Waals surface area contributed by atoms with Crippen LogP contribution < -0.4 is 9.64 Å². The van der Waals surface area contributed by atoms with Crippen LogP contribution in [-0.4, -0.2) is 36.3 Å². The molecule has 0 aliphatic heterocycles. The topological polar surface area (TPSA) is 62.7 Å². The van der Waals surface area contributed by atoms with Gasteiger partial charge in [0.05, 0.1) is 0 Å². The highest BCUT2D eigenvalue weighted by molar-refractivity contribution is 6.30. The molecule has 0 atom stereocenters. The molecule has 8 heteroatoms. The first-order valence-corrected chi connectivity index (χ1v) is 9.41. The summed E-state index contributed by atoms with van der Waals surface area (Å²) in [7, 11) is 1.65. The fraction of sp³-hybridized carbons (Fsp3) is 0.182. The number of anilines is 1. The molecule has 0 unspecified atom stereocenters. The maximum absolute atomic E-state index is 12.8. The number of likely N-dealkylation sites (N-methyl/N-ethyl adjacent to an activating group) is 1. The van der Waals surface area contributed by atoms with Crippen molar-refractivity contribution in [2.24, 2.45) is 0 Å². The van der Waals surface area contributed by atoms with Gasteiger partial charge in [-0.25, -0.2) is 4.98 Å². The van der Waals surface area contributed by atoms with E-state index in [9.17, 15) is 13.6 Å². The first-order chi connectivity index (χ1) is 14.3. The van der Waals surface area contributed by atoms with Crippen molar-refractivity contribution >= 4 is 23.4 Å². The van der Waals surface area contributed by atoms with Gasteiger partial charge in [-0.15, -0.1) is 0 Å². The minimum atomic E-state index is -2.94. The standard InChI is InChI=1S/C22H19ClF2N2O3/c1-27(13-21(28)29)20-8-6-15(12-26-20)9-14-5-7-19(30-22(24)25)18(10-14)16-3-2-4-17(23)11-16/h2-8,10-12,22H,9,13H2,1H3,(H,28,29). The summed E-state index contributed by atoms with van der Waals surface area (Å²) in [5, 5.41) is 9.37. The molecule has 0 aliphatic carbocycles. The van der Waals surface area contributed by atoms with Gasteiger partial charge < -0.3 is 14.7 Å². The van der Waals surface area contributed by atoms with E-state index in [0.29, 0.717) is 28.4 Å². The fourth-order valence-electron chi connectivity index (χ4n) is 3.03. The number of alkyl halides is 2. The highest BCUT2D eigenvalue weighted by atomic mass is 35.5. The van der Waals surface area contributed by atoms with E-state index in [1.165, 1.54) is 11.0 Å².